The third-order valence-electron chi connectivity index (χ3n) is 2.96. The van der Waals surface area contributed by atoms with E-state index in [4.69, 9.17) is 4.42 Å². The number of hydrogen-bond donors (Lipinski definition) is 0. The standard InChI is InChI=1S/C15H12N2O4S3/c1-2-7-17-14(18)12(10-11-5-3-8-21-11)23-15(17)16-24(19,20)13-6-4-9-22-13/h2-6,8-10H,1,7H2/b12-10+,16-15?. The van der Waals surface area contributed by atoms with Gasteiger partial charge >= 0.3 is 0 Å². The van der Waals surface area contributed by atoms with E-state index in [2.05, 4.69) is 11.0 Å². The summed E-state index contributed by atoms with van der Waals surface area (Å²) in [5.74, 6) is 0.170. The van der Waals surface area contributed by atoms with Gasteiger partial charge in [0.25, 0.3) is 15.9 Å². The molecule has 0 aromatic carbocycles. The van der Waals surface area contributed by atoms with Crippen LogP contribution in [0.3, 0.4) is 0 Å². The van der Waals surface area contributed by atoms with Gasteiger partial charge in [0.15, 0.2) is 5.17 Å². The summed E-state index contributed by atoms with van der Waals surface area (Å²) in [6, 6.07) is 6.52. The van der Waals surface area contributed by atoms with Crippen LogP contribution in [0, 0.1) is 0 Å². The van der Waals surface area contributed by atoms with Crippen molar-refractivity contribution in [2.45, 2.75) is 4.21 Å². The molecule has 1 aliphatic heterocycles. The van der Waals surface area contributed by atoms with Gasteiger partial charge in [0.1, 0.15) is 9.97 Å². The molecule has 1 fully saturated rings. The fraction of sp³-hybridized carbons (Fsp3) is 0.0667. The average molecular weight is 380 g/mol. The van der Waals surface area contributed by atoms with Crippen LogP contribution in [0.25, 0.3) is 6.08 Å². The molecule has 0 aliphatic carbocycles. The first-order chi connectivity index (χ1) is 11.5. The first kappa shape index (κ1) is 16.7. The normalized spacial score (nSPS) is 18.7. The molecule has 1 aliphatic rings. The SMILES string of the molecule is C=CCN1C(=O)/C(=C\c2ccco2)SC1=NS(=O)(=O)c1cccs1. The van der Waals surface area contributed by atoms with E-state index in [1.54, 1.807) is 29.7 Å². The summed E-state index contributed by atoms with van der Waals surface area (Å²) < 4.78 is 33.8. The van der Waals surface area contributed by atoms with E-state index in [0.29, 0.717) is 10.7 Å². The van der Waals surface area contributed by atoms with Crippen molar-refractivity contribution in [3.05, 3.63) is 59.2 Å². The smallest absolute Gasteiger partial charge is 0.294 e. The molecule has 0 N–H and O–H groups in total. The number of carbonyl (C=O) groups excluding carboxylic acids is 1. The third-order valence-corrected chi connectivity index (χ3v) is 6.73. The number of thioether (sulfide) groups is 1. The molecule has 0 atom stereocenters. The summed E-state index contributed by atoms with van der Waals surface area (Å²) in [7, 11) is -3.85. The Hall–Kier alpha value is -2.10. The molecular weight excluding hydrogens is 368 g/mol. The Morgan fingerprint density at radius 2 is 2.17 bits per heavy atom. The van der Waals surface area contributed by atoms with Crippen molar-refractivity contribution in [2.75, 3.05) is 6.54 Å². The lowest BCUT2D eigenvalue weighted by atomic mass is 10.3. The maximum atomic E-state index is 12.5. The number of sulfonamides is 1. The number of amidine groups is 1. The zero-order valence-electron chi connectivity index (χ0n) is 12.3. The minimum Gasteiger partial charge on any atom is -0.465 e. The van der Waals surface area contributed by atoms with Gasteiger partial charge in [0.05, 0.1) is 11.2 Å². The molecule has 0 bridgehead atoms. The Balaban J connectivity index is 1.98. The van der Waals surface area contributed by atoms with Crippen molar-refractivity contribution < 1.29 is 17.6 Å². The molecule has 6 nitrogen and oxygen atoms in total. The lowest BCUT2D eigenvalue weighted by Gasteiger charge is -2.12. The third kappa shape index (κ3) is 3.37. The molecule has 24 heavy (non-hydrogen) atoms. The number of nitrogens with zero attached hydrogens (tertiary/aromatic N) is 2. The number of hydrogen-bond acceptors (Lipinski definition) is 6. The monoisotopic (exact) mass is 380 g/mol. The van der Waals surface area contributed by atoms with Gasteiger partial charge < -0.3 is 4.42 Å². The van der Waals surface area contributed by atoms with E-state index < -0.39 is 10.0 Å². The summed E-state index contributed by atoms with van der Waals surface area (Å²) in [6.45, 7) is 3.76. The van der Waals surface area contributed by atoms with Crippen molar-refractivity contribution in [1.29, 1.82) is 0 Å². The minimum absolute atomic E-state index is 0.103. The molecule has 1 saturated heterocycles. The Kier molecular flexibility index (Phi) is 4.74. The molecule has 3 heterocycles. The van der Waals surface area contributed by atoms with Crippen molar-refractivity contribution in [2.24, 2.45) is 4.40 Å². The van der Waals surface area contributed by atoms with E-state index in [1.165, 1.54) is 23.3 Å². The quantitative estimate of drug-likeness (QED) is 0.588. The lowest BCUT2D eigenvalue weighted by Crippen LogP contribution is -2.29. The molecule has 0 spiro atoms. The largest absolute Gasteiger partial charge is 0.465 e. The highest BCUT2D eigenvalue weighted by Crippen LogP contribution is 2.34. The maximum Gasteiger partial charge on any atom is 0.294 e. The number of carbonyl (C=O) groups is 1. The Morgan fingerprint density at radius 1 is 1.33 bits per heavy atom. The number of amides is 1. The zero-order chi connectivity index (χ0) is 17.2. The second-order valence-electron chi connectivity index (χ2n) is 4.61. The van der Waals surface area contributed by atoms with Crippen LogP contribution in [0.15, 0.2) is 66.5 Å². The van der Waals surface area contributed by atoms with Crippen LogP contribution >= 0.6 is 23.1 Å². The van der Waals surface area contributed by atoms with E-state index in [9.17, 15) is 13.2 Å². The Labute approximate surface area is 147 Å². The Morgan fingerprint density at radius 3 is 2.79 bits per heavy atom. The van der Waals surface area contributed by atoms with Gasteiger partial charge in [-0.05, 0) is 35.3 Å². The predicted octanol–water partition coefficient (Wildman–Crippen LogP) is 3.19. The van der Waals surface area contributed by atoms with Crippen molar-refractivity contribution in [3.8, 4) is 0 Å². The van der Waals surface area contributed by atoms with Gasteiger partial charge in [-0.3, -0.25) is 9.69 Å². The number of rotatable bonds is 5. The van der Waals surface area contributed by atoms with Gasteiger partial charge in [-0.1, -0.05) is 12.1 Å². The molecule has 3 rings (SSSR count). The van der Waals surface area contributed by atoms with Crippen LogP contribution in [0.4, 0.5) is 0 Å². The highest BCUT2D eigenvalue weighted by molar-refractivity contribution is 8.19. The summed E-state index contributed by atoms with van der Waals surface area (Å²) in [4.78, 5) is 14.1. The molecule has 0 unspecified atom stereocenters. The molecule has 2 aromatic rings. The van der Waals surface area contributed by atoms with Crippen LogP contribution in [0.5, 0.6) is 0 Å². The highest BCUT2D eigenvalue weighted by atomic mass is 32.2. The van der Waals surface area contributed by atoms with E-state index >= 15 is 0 Å². The average Bonchev–Trinajstić information content (AvgIpc) is 3.26. The number of thiophene rings is 1. The molecule has 9 heteroatoms. The summed E-state index contributed by atoms with van der Waals surface area (Å²) in [5.41, 5.74) is 0. The molecule has 2 aromatic heterocycles. The van der Waals surface area contributed by atoms with Crippen LogP contribution in [0.1, 0.15) is 5.76 Å². The van der Waals surface area contributed by atoms with Crippen LogP contribution in [-0.2, 0) is 14.8 Å². The van der Waals surface area contributed by atoms with Crippen molar-refractivity contribution in [1.82, 2.24) is 4.90 Å². The van der Waals surface area contributed by atoms with Gasteiger partial charge in [0, 0.05) is 12.6 Å². The maximum absolute atomic E-state index is 12.5. The second kappa shape index (κ2) is 6.80. The molecule has 124 valence electrons. The van der Waals surface area contributed by atoms with Gasteiger partial charge in [-0.25, -0.2) is 0 Å². The van der Waals surface area contributed by atoms with Crippen molar-refractivity contribution >= 4 is 50.3 Å². The highest BCUT2D eigenvalue weighted by Gasteiger charge is 2.34. The first-order valence-corrected chi connectivity index (χ1v) is 9.89. The van der Waals surface area contributed by atoms with Gasteiger partial charge in [-0.2, -0.15) is 8.42 Å². The summed E-state index contributed by atoms with van der Waals surface area (Å²) in [6.07, 6.45) is 4.57. The van der Waals surface area contributed by atoms with E-state index in [1.807, 2.05) is 0 Å². The Bertz CT molecular complexity index is 910. The fourth-order valence-electron chi connectivity index (χ4n) is 1.93. The lowest BCUT2D eigenvalue weighted by molar-refractivity contribution is -0.121. The van der Waals surface area contributed by atoms with E-state index in [0.717, 1.165) is 23.1 Å². The summed E-state index contributed by atoms with van der Waals surface area (Å²) in [5, 5.41) is 1.76. The number of furan rings is 1. The predicted molar refractivity (Wildman–Crippen MR) is 95.1 cm³/mol. The van der Waals surface area contributed by atoms with Gasteiger partial charge in [-0.15, -0.1) is 22.3 Å². The van der Waals surface area contributed by atoms with Crippen LogP contribution in [-0.4, -0.2) is 30.9 Å². The fourth-order valence-corrected chi connectivity index (χ4v) is 5.07. The first-order valence-electron chi connectivity index (χ1n) is 6.75. The topological polar surface area (TPSA) is 80.0 Å². The minimum atomic E-state index is -3.85. The van der Waals surface area contributed by atoms with Crippen molar-refractivity contribution in [3.63, 3.8) is 0 Å². The van der Waals surface area contributed by atoms with Crippen LogP contribution in [0.2, 0.25) is 0 Å². The molecule has 1 amide bonds. The van der Waals surface area contributed by atoms with Crippen LogP contribution < -0.4 is 0 Å². The molecule has 0 saturated carbocycles. The van der Waals surface area contributed by atoms with E-state index in [-0.39, 0.29) is 21.8 Å². The summed E-state index contributed by atoms with van der Waals surface area (Å²) >= 11 is 2.07. The molecular formula is C15H12N2O4S3. The van der Waals surface area contributed by atoms with Gasteiger partial charge in [0.2, 0.25) is 0 Å². The molecule has 0 radical (unpaired) electrons. The second-order valence-corrected chi connectivity index (χ2v) is 8.40. The zero-order valence-corrected chi connectivity index (χ0v) is 14.7.